The van der Waals surface area contributed by atoms with Crippen LogP contribution in [0.25, 0.3) is 21.5 Å². The second-order valence-electron chi connectivity index (χ2n) is 14.9. The second kappa shape index (κ2) is 24.4. The molecule has 6 aromatic rings. The molecule has 27 heteroatoms. The number of carbonyl (C=O) groups is 1. The van der Waals surface area contributed by atoms with Crippen molar-refractivity contribution >= 4 is 94.0 Å². The number of nitrogens with two attached hydrogens (primary N) is 2. The molecule has 0 aliphatic rings. The third-order valence-electron chi connectivity index (χ3n) is 9.88. The van der Waals surface area contributed by atoms with Gasteiger partial charge in [0.2, 0.25) is 17.8 Å². The van der Waals surface area contributed by atoms with Crippen molar-refractivity contribution < 1.29 is 40.9 Å². The maximum Gasteiger partial charge on any atom is 0.335 e. The van der Waals surface area contributed by atoms with Gasteiger partial charge in [0.25, 0.3) is 20.2 Å². The maximum atomic E-state index is 12.7. The van der Waals surface area contributed by atoms with Crippen LogP contribution in [0.4, 0.5) is 46.3 Å². The summed E-state index contributed by atoms with van der Waals surface area (Å²) >= 11 is 0. The van der Waals surface area contributed by atoms with Gasteiger partial charge in [0, 0.05) is 100 Å². The summed E-state index contributed by atoms with van der Waals surface area (Å²) in [5.74, 6) is -1.16. The lowest BCUT2D eigenvalue weighted by atomic mass is 10.1. The summed E-state index contributed by atoms with van der Waals surface area (Å²) in [6, 6.07) is 17.6. The lowest BCUT2D eigenvalue weighted by Gasteiger charge is -2.13. The van der Waals surface area contributed by atoms with Crippen LogP contribution in [0.1, 0.15) is 10.4 Å². The Labute approximate surface area is 396 Å². The second-order valence-corrected chi connectivity index (χ2v) is 17.7. The van der Waals surface area contributed by atoms with Gasteiger partial charge >= 0.3 is 5.97 Å². The third-order valence-corrected chi connectivity index (χ3v) is 11.6. The highest BCUT2D eigenvalue weighted by atomic mass is 32.2. The Hall–Kier alpha value is -6.92. The number of aromatic nitrogens is 3. The number of azo groups is 2. The molecule has 25 nitrogen and oxygen atoms in total. The van der Waals surface area contributed by atoms with E-state index in [-0.39, 0.29) is 56.3 Å². The fourth-order valence-corrected chi connectivity index (χ4v) is 7.70. The summed E-state index contributed by atoms with van der Waals surface area (Å²) in [5.41, 5.74) is 11.2. The van der Waals surface area contributed by atoms with Crippen LogP contribution >= 0.6 is 0 Å². The molecule has 0 spiro atoms. The van der Waals surface area contributed by atoms with Crippen molar-refractivity contribution in [2.75, 3.05) is 94.5 Å². The van der Waals surface area contributed by atoms with Crippen LogP contribution in [-0.4, -0.2) is 136 Å². The molecule has 0 bridgehead atoms. The zero-order chi connectivity index (χ0) is 49.4. The van der Waals surface area contributed by atoms with Crippen LogP contribution in [0, 0.1) is 0 Å². The number of phenolic OH excluding ortho intramolecular Hbond substituents is 1. The number of rotatable bonds is 27. The fourth-order valence-electron chi connectivity index (χ4n) is 6.53. The highest BCUT2D eigenvalue weighted by Gasteiger charge is 2.23. The van der Waals surface area contributed by atoms with Gasteiger partial charge in [-0.2, -0.15) is 36.9 Å². The average Bonchev–Trinajstić information content (AvgIpc) is 3.31. The van der Waals surface area contributed by atoms with Crippen LogP contribution < -0.4 is 48.7 Å². The molecule has 0 aliphatic carbocycles. The van der Waals surface area contributed by atoms with Gasteiger partial charge in [0.05, 0.1) is 27.5 Å². The van der Waals surface area contributed by atoms with Gasteiger partial charge in [-0.05, 0) is 72.1 Å². The predicted octanol–water partition coefficient (Wildman–Crippen LogP) is 3.75. The molecular formula is C42H52N16O9S2. The van der Waals surface area contributed by atoms with Crippen molar-refractivity contribution in [2.45, 2.75) is 9.79 Å². The molecule has 1 heterocycles. The topological polar surface area (TPSA) is 391 Å². The van der Waals surface area contributed by atoms with Crippen molar-refractivity contribution in [1.82, 2.24) is 36.2 Å². The third kappa shape index (κ3) is 14.8. The predicted molar refractivity (Wildman–Crippen MR) is 261 cm³/mol. The molecule has 0 aliphatic heterocycles. The number of aromatic carboxylic acids is 1. The molecule has 0 atom stereocenters. The number of carboxylic acids is 1. The Morgan fingerprint density at radius 3 is 1.68 bits per heavy atom. The van der Waals surface area contributed by atoms with Crippen molar-refractivity contribution in [3.63, 3.8) is 0 Å². The summed E-state index contributed by atoms with van der Waals surface area (Å²) in [4.78, 5) is 23.5. The minimum Gasteiger partial charge on any atom is -0.505 e. The Morgan fingerprint density at radius 2 is 1.12 bits per heavy atom. The molecule has 0 fully saturated rings. The van der Waals surface area contributed by atoms with Crippen molar-refractivity contribution in [3.05, 3.63) is 84.4 Å². The molecule has 0 saturated heterocycles. The number of benzene rings is 5. The molecule has 366 valence electrons. The van der Waals surface area contributed by atoms with Crippen LogP contribution in [-0.2, 0) is 20.2 Å². The number of anilines is 4. The van der Waals surface area contributed by atoms with E-state index >= 15 is 0 Å². The summed E-state index contributed by atoms with van der Waals surface area (Å²) in [7, 11) is -9.77. The molecule has 0 saturated carbocycles. The molecule has 1 aromatic heterocycles. The number of phenols is 1. The Morgan fingerprint density at radius 1 is 0.565 bits per heavy atom. The number of fused-ring (bicyclic) bond motifs is 2. The van der Waals surface area contributed by atoms with Gasteiger partial charge in [0.15, 0.2) is 5.75 Å². The fraction of sp³-hybridized carbons (Fsp3) is 0.286. The van der Waals surface area contributed by atoms with Gasteiger partial charge in [-0.3, -0.25) is 9.11 Å². The van der Waals surface area contributed by atoms with E-state index in [2.05, 4.69) is 72.6 Å². The lowest BCUT2D eigenvalue weighted by molar-refractivity contribution is 0.0696. The van der Waals surface area contributed by atoms with E-state index in [1.807, 2.05) is 0 Å². The molecule has 0 amide bonds. The normalized spacial score (nSPS) is 12.1. The summed E-state index contributed by atoms with van der Waals surface area (Å²) in [5, 5.41) is 60.6. The van der Waals surface area contributed by atoms with E-state index < -0.39 is 47.4 Å². The van der Waals surface area contributed by atoms with E-state index in [0.717, 1.165) is 57.5 Å². The van der Waals surface area contributed by atoms with Gasteiger partial charge in [0.1, 0.15) is 10.6 Å². The first-order valence-electron chi connectivity index (χ1n) is 21.4. The number of hydrogen-bond acceptors (Lipinski definition) is 22. The van der Waals surface area contributed by atoms with Gasteiger partial charge < -0.3 is 58.9 Å². The Balaban J connectivity index is 1.30. The van der Waals surface area contributed by atoms with Gasteiger partial charge in [-0.25, -0.2) is 4.79 Å². The quantitative estimate of drug-likeness (QED) is 0.0198. The standard InChI is InChI=1S/C42H52N16O9S2/c43-11-13-45-15-17-47-19-21-49-40-52-41(50-22-20-48-18-16-46-14-12-44)54-42(53-40)51-29-6-3-27-23-36(69(65,66)67)37(38(59)32(27)24-29)58-57-35-10-9-34(31-8-7-30(25-33(31)35)68(62,63)64)56-55-28-4-1-26(2-5-28)39(60)61/h1-10,23-25,45-48,59H,11-22,43-44H2,(H,60,61)(H,62,63,64)(H,65,66,67)(H3,49,50,51,52,53,54)/b56-55+,58-57+. The molecule has 0 radical (unpaired) electrons. The average molecular weight is 989 g/mol. The highest BCUT2D eigenvalue weighted by Crippen LogP contribution is 2.43. The van der Waals surface area contributed by atoms with Gasteiger partial charge in [-0.15, -0.1) is 15.3 Å². The first-order chi connectivity index (χ1) is 33.1. The molecule has 69 heavy (non-hydrogen) atoms. The van der Waals surface area contributed by atoms with Crippen molar-refractivity contribution in [2.24, 2.45) is 31.9 Å². The first kappa shape index (κ1) is 51.5. The number of nitrogens with zero attached hydrogens (tertiary/aromatic N) is 7. The number of aromatic hydroxyl groups is 1. The van der Waals surface area contributed by atoms with E-state index in [1.165, 1.54) is 54.6 Å². The highest BCUT2D eigenvalue weighted by molar-refractivity contribution is 7.86. The zero-order valence-corrected chi connectivity index (χ0v) is 38.6. The minimum atomic E-state index is -5.04. The number of hydrogen-bond donors (Lipinski definition) is 13. The molecule has 6 rings (SSSR count). The SMILES string of the molecule is NCCNCCNCCNc1nc(NCCNCCNCCN)nc(Nc2ccc3cc(S(=O)(=O)O)c(/N=N/c4ccc(/N=N/c5ccc(C(=O)O)cc5)c5ccc(S(=O)(=O)O)cc45)c(O)c3c2)n1. The van der Waals surface area contributed by atoms with Crippen LogP contribution in [0.2, 0.25) is 0 Å². The molecular weight excluding hydrogens is 937 g/mol. The minimum absolute atomic E-state index is 0.0359. The zero-order valence-electron chi connectivity index (χ0n) is 36.9. The maximum absolute atomic E-state index is 12.7. The summed E-state index contributed by atoms with van der Waals surface area (Å²) in [6.07, 6.45) is 0. The summed E-state index contributed by atoms with van der Waals surface area (Å²) < 4.78 is 70.0. The van der Waals surface area contributed by atoms with Crippen molar-refractivity contribution in [3.8, 4) is 5.75 Å². The largest absolute Gasteiger partial charge is 0.505 e. The molecule has 0 unspecified atom stereocenters. The first-order valence-corrected chi connectivity index (χ1v) is 24.2. The Kier molecular flexibility index (Phi) is 18.2. The lowest BCUT2D eigenvalue weighted by Crippen LogP contribution is -2.33. The number of carboxylic acid groups (broad SMARTS) is 1. The van der Waals surface area contributed by atoms with Crippen LogP contribution in [0.5, 0.6) is 5.75 Å². The van der Waals surface area contributed by atoms with E-state index in [0.29, 0.717) is 50.6 Å². The molecule has 15 N–H and O–H groups in total. The van der Waals surface area contributed by atoms with Crippen molar-refractivity contribution in [1.29, 1.82) is 0 Å². The summed E-state index contributed by atoms with van der Waals surface area (Å²) in [6.45, 7) is 7.66. The van der Waals surface area contributed by atoms with E-state index in [4.69, 9.17) is 11.5 Å². The number of nitrogens with one attached hydrogen (secondary N) is 7. The Bertz CT molecular complexity index is 3000. The molecule has 5 aromatic carbocycles. The van der Waals surface area contributed by atoms with E-state index in [9.17, 15) is 40.9 Å². The van der Waals surface area contributed by atoms with Crippen LogP contribution in [0.15, 0.2) is 109 Å². The van der Waals surface area contributed by atoms with Gasteiger partial charge in [-0.1, -0.05) is 12.1 Å². The van der Waals surface area contributed by atoms with Crippen LogP contribution in [0.3, 0.4) is 0 Å². The smallest absolute Gasteiger partial charge is 0.335 e. The monoisotopic (exact) mass is 988 g/mol. The van der Waals surface area contributed by atoms with E-state index in [1.54, 1.807) is 6.07 Å².